The standard InChI is InChI=1S/C11H12Cl2N2/c1-8-14-10-7-9(13)3-4-11(10)15(8)6-2-5-12/h3-4,7H,2,5-6H2,1H3. The SMILES string of the molecule is Cc1nc2cc(Cl)ccc2n1CCCCl. The lowest BCUT2D eigenvalue weighted by Crippen LogP contribution is -2.00. The normalized spacial score (nSPS) is 11.1. The van der Waals surface area contributed by atoms with Crippen molar-refractivity contribution in [1.29, 1.82) is 0 Å². The predicted molar refractivity (Wildman–Crippen MR) is 64.8 cm³/mol. The Morgan fingerprint density at radius 1 is 1.40 bits per heavy atom. The summed E-state index contributed by atoms with van der Waals surface area (Å²) < 4.78 is 2.17. The first kappa shape index (κ1) is 10.8. The second-order valence-electron chi connectivity index (χ2n) is 3.49. The van der Waals surface area contributed by atoms with E-state index in [9.17, 15) is 0 Å². The molecule has 2 aromatic rings. The molecule has 0 aliphatic heterocycles. The van der Waals surface area contributed by atoms with Gasteiger partial charge in [0.1, 0.15) is 5.82 Å². The van der Waals surface area contributed by atoms with Gasteiger partial charge in [0.15, 0.2) is 0 Å². The first-order valence-corrected chi connectivity index (χ1v) is 5.82. The zero-order chi connectivity index (χ0) is 10.8. The number of halogens is 2. The lowest BCUT2D eigenvalue weighted by atomic mass is 10.3. The quantitative estimate of drug-likeness (QED) is 0.752. The maximum atomic E-state index is 5.91. The van der Waals surface area contributed by atoms with Crippen LogP contribution in [0, 0.1) is 6.92 Å². The zero-order valence-corrected chi connectivity index (χ0v) is 10.0. The number of rotatable bonds is 3. The maximum Gasteiger partial charge on any atom is 0.106 e. The van der Waals surface area contributed by atoms with Crippen LogP contribution in [0.1, 0.15) is 12.2 Å². The fraction of sp³-hybridized carbons (Fsp3) is 0.364. The number of fused-ring (bicyclic) bond motifs is 1. The molecule has 0 fully saturated rings. The molecule has 15 heavy (non-hydrogen) atoms. The van der Waals surface area contributed by atoms with Gasteiger partial charge in [-0.1, -0.05) is 11.6 Å². The van der Waals surface area contributed by atoms with Crippen molar-refractivity contribution in [3.8, 4) is 0 Å². The number of imidazole rings is 1. The topological polar surface area (TPSA) is 17.8 Å². The van der Waals surface area contributed by atoms with Crippen molar-refractivity contribution in [2.75, 3.05) is 5.88 Å². The van der Waals surface area contributed by atoms with Crippen LogP contribution in [-0.4, -0.2) is 15.4 Å². The van der Waals surface area contributed by atoms with Gasteiger partial charge < -0.3 is 4.57 Å². The minimum absolute atomic E-state index is 0.673. The molecule has 4 heteroatoms. The summed E-state index contributed by atoms with van der Waals surface area (Å²) in [6.07, 6.45) is 0.955. The molecule has 0 amide bonds. The van der Waals surface area contributed by atoms with Crippen LogP contribution in [0.4, 0.5) is 0 Å². The molecule has 0 spiro atoms. The third-order valence-corrected chi connectivity index (χ3v) is 2.92. The maximum absolute atomic E-state index is 5.91. The minimum atomic E-state index is 0.673. The zero-order valence-electron chi connectivity index (χ0n) is 8.50. The van der Waals surface area contributed by atoms with Gasteiger partial charge in [-0.25, -0.2) is 4.98 Å². The van der Waals surface area contributed by atoms with E-state index in [2.05, 4.69) is 9.55 Å². The summed E-state index contributed by atoms with van der Waals surface area (Å²) >= 11 is 11.6. The molecule has 0 saturated carbocycles. The Bertz CT molecular complexity index is 477. The van der Waals surface area contributed by atoms with E-state index >= 15 is 0 Å². The molecule has 0 atom stereocenters. The van der Waals surface area contributed by atoms with E-state index in [1.807, 2.05) is 25.1 Å². The summed E-state index contributed by atoms with van der Waals surface area (Å²) in [5.74, 6) is 1.68. The first-order valence-electron chi connectivity index (χ1n) is 4.90. The van der Waals surface area contributed by atoms with Gasteiger partial charge in [-0.05, 0) is 31.5 Å². The van der Waals surface area contributed by atoms with Crippen LogP contribution in [0.5, 0.6) is 0 Å². The van der Waals surface area contributed by atoms with Gasteiger partial charge in [-0.2, -0.15) is 0 Å². The molecule has 0 aliphatic carbocycles. The third kappa shape index (κ3) is 2.11. The van der Waals surface area contributed by atoms with E-state index < -0.39 is 0 Å². The second kappa shape index (κ2) is 4.42. The number of nitrogens with zero attached hydrogens (tertiary/aromatic N) is 2. The first-order chi connectivity index (χ1) is 7.22. The van der Waals surface area contributed by atoms with Gasteiger partial charge in [-0.3, -0.25) is 0 Å². The summed E-state index contributed by atoms with van der Waals surface area (Å²) in [7, 11) is 0. The molecule has 0 aliphatic rings. The number of benzene rings is 1. The van der Waals surface area contributed by atoms with E-state index in [-0.39, 0.29) is 0 Å². The smallest absolute Gasteiger partial charge is 0.106 e. The number of hydrogen-bond acceptors (Lipinski definition) is 1. The summed E-state index contributed by atoms with van der Waals surface area (Å²) in [6, 6.07) is 5.79. The Morgan fingerprint density at radius 2 is 2.20 bits per heavy atom. The summed E-state index contributed by atoms with van der Waals surface area (Å²) in [5, 5.41) is 0.726. The Hall–Kier alpha value is -0.730. The van der Waals surface area contributed by atoms with Crippen molar-refractivity contribution in [1.82, 2.24) is 9.55 Å². The monoisotopic (exact) mass is 242 g/mol. The summed E-state index contributed by atoms with van der Waals surface area (Å²) in [4.78, 5) is 4.46. The molecule has 0 unspecified atom stereocenters. The van der Waals surface area contributed by atoms with Crippen LogP contribution in [0.15, 0.2) is 18.2 Å². The van der Waals surface area contributed by atoms with Crippen LogP contribution in [0.3, 0.4) is 0 Å². The minimum Gasteiger partial charge on any atom is -0.328 e. The summed E-state index contributed by atoms with van der Waals surface area (Å²) in [6.45, 7) is 2.91. The molecule has 0 saturated heterocycles. The van der Waals surface area contributed by atoms with Crippen LogP contribution in [0.25, 0.3) is 11.0 Å². The van der Waals surface area contributed by atoms with Crippen LogP contribution < -0.4 is 0 Å². The molecule has 2 rings (SSSR count). The van der Waals surface area contributed by atoms with Gasteiger partial charge in [0.2, 0.25) is 0 Å². The highest BCUT2D eigenvalue weighted by Gasteiger charge is 2.06. The molecule has 0 radical (unpaired) electrons. The Kier molecular flexibility index (Phi) is 3.17. The van der Waals surface area contributed by atoms with Crippen LogP contribution >= 0.6 is 23.2 Å². The van der Waals surface area contributed by atoms with Crippen molar-refractivity contribution in [2.45, 2.75) is 19.9 Å². The van der Waals surface area contributed by atoms with E-state index in [4.69, 9.17) is 23.2 Å². The van der Waals surface area contributed by atoms with Gasteiger partial charge in [0.25, 0.3) is 0 Å². The van der Waals surface area contributed by atoms with Crippen molar-refractivity contribution in [3.63, 3.8) is 0 Å². The number of alkyl halides is 1. The Labute approximate surface area is 98.8 Å². The number of hydrogen-bond donors (Lipinski definition) is 0. The van der Waals surface area contributed by atoms with E-state index in [0.717, 1.165) is 34.8 Å². The predicted octanol–water partition coefficient (Wildman–Crippen LogP) is 3.63. The Morgan fingerprint density at radius 3 is 2.93 bits per heavy atom. The van der Waals surface area contributed by atoms with Gasteiger partial charge in [0, 0.05) is 17.4 Å². The van der Waals surface area contributed by atoms with Crippen molar-refractivity contribution < 1.29 is 0 Å². The Balaban J connectivity index is 2.48. The molecule has 80 valence electrons. The van der Waals surface area contributed by atoms with E-state index in [1.54, 1.807) is 0 Å². The van der Waals surface area contributed by atoms with Crippen molar-refractivity contribution >= 4 is 34.2 Å². The van der Waals surface area contributed by atoms with Gasteiger partial charge in [0.05, 0.1) is 11.0 Å². The molecule has 2 nitrogen and oxygen atoms in total. The van der Waals surface area contributed by atoms with E-state index in [0.29, 0.717) is 5.88 Å². The molecule has 1 heterocycles. The fourth-order valence-electron chi connectivity index (χ4n) is 1.72. The van der Waals surface area contributed by atoms with Gasteiger partial charge >= 0.3 is 0 Å². The number of aryl methyl sites for hydroxylation is 2. The summed E-state index contributed by atoms with van der Waals surface area (Å²) in [5.41, 5.74) is 2.08. The third-order valence-electron chi connectivity index (χ3n) is 2.42. The van der Waals surface area contributed by atoms with Crippen LogP contribution in [0.2, 0.25) is 5.02 Å². The lowest BCUT2D eigenvalue weighted by Gasteiger charge is -2.04. The lowest BCUT2D eigenvalue weighted by molar-refractivity contribution is 0.679. The molecular weight excluding hydrogens is 231 g/mol. The molecule has 0 bridgehead atoms. The second-order valence-corrected chi connectivity index (χ2v) is 4.30. The number of aromatic nitrogens is 2. The largest absolute Gasteiger partial charge is 0.328 e. The van der Waals surface area contributed by atoms with E-state index in [1.165, 1.54) is 0 Å². The highest BCUT2D eigenvalue weighted by molar-refractivity contribution is 6.31. The molecule has 0 N–H and O–H groups in total. The van der Waals surface area contributed by atoms with Crippen molar-refractivity contribution in [3.05, 3.63) is 29.0 Å². The average molecular weight is 243 g/mol. The average Bonchev–Trinajstić information content (AvgIpc) is 2.50. The van der Waals surface area contributed by atoms with Crippen LogP contribution in [-0.2, 0) is 6.54 Å². The molecule has 1 aromatic carbocycles. The highest BCUT2D eigenvalue weighted by atomic mass is 35.5. The highest BCUT2D eigenvalue weighted by Crippen LogP contribution is 2.20. The fourth-order valence-corrected chi connectivity index (χ4v) is 2.01. The molecule has 1 aromatic heterocycles. The molecular formula is C11H12Cl2N2. The van der Waals surface area contributed by atoms with Crippen molar-refractivity contribution in [2.24, 2.45) is 0 Å². The van der Waals surface area contributed by atoms with Gasteiger partial charge in [-0.15, -0.1) is 11.6 Å².